The summed E-state index contributed by atoms with van der Waals surface area (Å²) in [6, 6.07) is 11.4. The molecule has 0 atom stereocenters. The highest BCUT2D eigenvalue weighted by molar-refractivity contribution is 5.79. The molecule has 0 bridgehead atoms. The highest BCUT2D eigenvalue weighted by atomic mass is 19.4. The molecule has 0 aliphatic carbocycles. The lowest BCUT2D eigenvalue weighted by Crippen LogP contribution is -2.49. The lowest BCUT2D eigenvalue weighted by Gasteiger charge is -2.36. The van der Waals surface area contributed by atoms with Crippen molar-refractivity contribution in [1.82, 2.24) is 4.90 Å². The molecule has 2 aromatic carbocycles. The second kappa shape index (κ2) is 7.62. The summed E-state index contributed by atoms with van der Waals surface area (Å²) >= 11 is 0. The van der Waals surface area contributed by atoms with Crippen molar-refractivity contribution in [3.8, 4) is 0 Å². The average molecular weight is 376 g/mol. The van der Waals surface area contributed by atoms with Gasteiger partial charge in [0.15, 0.2) is 0 Å². The molecular formula is C21H23F3N2O. The number of nitrogens with zero attached hydrogens (tertiary/aromatic N) is 2. The number of benzene rings is 2. The summed E-state index contributed by atoms with van der Waals surface area (Å²) in [5, 5.41) is 0. The van der Waals surface area contributed by atoms with Crippen LogP contribution in [-0.4, -0.2) is 37.0 Å². The van der Waals surface area contributed by atoms with E-state index in [-0.39, 0.29) is 5.91 Å². The lowest BCUT2D eigenvalue weighted by molar-refractivity contribution is -0.137. The van der Waals surface area contributed by atoms with E-state index in [0.29, 0.717) is 38.3 Å². The van der Waals surface area contributed by atoms with Crippen LogP contribution >= 0.6 is 0 Å². The zero-order valence-electron chi connectivity index (χ0n) is 15.5. The molecule has 1 amide bonds. The van der Waals surface area contributed by atoms with Gasteiger partial charge in [0.05, 0.1) is 12.0 Å². The zero-order chi connectivity index (χ0) is 19.6. The van der Waals surface area contributed by atoms with Gasteiger partial charge in [0.25, 0.3) is 0 Å². The molecule has 6 heteroatoms. The number of halogens is 3. The molecule has 0 N–H and O–H groups in total. The predicted molar refractivity (Wildman–Crippen MR) is 99.9 cm³/mol. The minimum atomic E-state index is -4.35. The maximum atomic E-state index is 12.9. The Labute approximate surface area is 157 Å². The first kappa shape index (κ1) is 19.3. The molecule has 0 saturated carbocycles. The number of carbonyl (C=O) groups excluding carboxylic acids is 1. The van der Waals surface area contributed by atoms with Gasteiger partial charge in [-0.3, -0.25) is 4.79 Å². The molecule has 0 spiro atoms. The van der Waals surface area contributed by atoms with Crippen LogP contribution in [0.25, 0.3) is 0 Å². The topological polar surface area (TPSA) is 23.6 Å². The van der Waals surface area contributed by atoms with Gasteiger partial charge in [-0.1, -0.05) is 24.3 Å². The van der Waals surface area contributed by atoms with Crippen LogP contribution in [0.3, 0.4) is 0 Å². The molecule has 1 saturated heterocycles. The molecule has 0 aromatic heterocycles. The predicted octanol–water partition coefficient (Wildman–Crippen LogP) is 4.21. The molecule has 1 aliphatic heterocycles. The van der Waals surface area contributed by atoms with Gasteiger partial charge in [-0.2, -0.15) is 13.2 Å². The first-order chi connectivity index (χ1) is 12.7. The number of hydrogen-bond donors (Lipinski definition) is 0. The number of hydrogen-bond acceptors (Lipinski definition) is 2. The van der Waals surface area contributed by atoms with Crippen LogP contribution in [0.15, 0.2) is 42.5 Å². The van der Waals surface area contributed by atoms with E-state index in [1.54, 1.807) is 11.0 Å². The van der Waals surface area contributed by atoms with Crippen molar-refractivity contribution >= 4 is 11.6 Å². The minimum absolute atomic E-state index is 0.0574. The van der Waals surface area contributed by atoms with Gasteiger partial charge >= 0.3 is 6.18 Å². The van der Waals surface area contributed by atoms with Crippen LogP contribution in [0, 0.1) is 13.8 Å². The summed E-state index contributed by atoms with van der Waals surface area (Å²) in [6.45, 7) is 6.14. The normalized spacial score (nSPS) is 15.1. The second-order valence-corrected chi connectivity index (χ2v) is 7.01. The third-order valence-corrected chi connectivity index (χ3v) is 5.10. The maximum absolute atomic E-state index is 12.9. The average Bonchev–Trinajstić information content (AvgIpc) is 2.64. The molecule has 27 heavy (non-hydrogen) atoms. The molecular weight excluding hydrogens is 353 g/mol. The van der Waals surface area contributed by atoms with Crippen LogP contribution in [0.5, 0.6) is 0 Å². The highest BCUT2D eigenvalue weighted by Crippen LogP contribution is 2.31. The van der Waals surface area contributed by atoms with E-state index in [0.717, 1.165) is 17.2 Å². The van der Waals surface area contributed by atoms with E-state index in [9.17, 15) is 18.0 Å². The second-order valence-electron chi connectivity index (χ2n) is 7.01. The van der Waals surface area contributed by atoms with Crippen molar-refractivity contribution < 1.29 is 18.0 Å². The minimum Gasteiger partial charge on any atom is -0.368 e. The fourth-order valence-corrected chi connectivity index (χ4v) is 3.29. The third kappa shape index (κ3) is 4.62. The van der Waals surface area contributed by atoms with Gasteiger partial charge < -0.3 is 9.80 Å². The van der Waals surface area contributed by atoms with E-state index in [2.05, 4.69) is 0 Å². The summed E-state index contributed by atoms with van der Waals surface area (Å²) in [6.07, 6.45) is -4.00. The van der Waals surface area contributed by atoms with Crippen molar-refractivity contribution in [3.63, 3.8) is 0 Å². The van der Waals surface area contributed by atoms with E-state index in [1.807, 2.05) is 36.9 Å². The highest BCUT2D eigenvalue weighted by Gasteiger charge is 2.31. The quantitative estimate of drug-likeness (QED) is 0.801. The Morgan fingerprint density at radius 3 is 2.30 bits per heavy atom. The van der Waals surface area contributed by atoms with Gasteiger partial charge in [-0.05, 0) is 48.7 Å². The fraction of sp³-hybridized carbons (Fsp3) is 0.381. The van der Waals surface area contributed by atoms with Crippen molar-refractivity contribution in [2.24, 2.45) is 0 Å². The van der Waals surface area contributed by atoms with Gasteiger partial charge in [0, 0.05) is 31.9 Å². The van der Waals surface area contributed by atoms with Crippen molar-refractivity contribution in [1.29, 1.82) is 0 Å². The summed E-state index contributed by atoms with van der Waals surface area (Å²) in [5.41, 5.74) is 3.25. The number of carbonyl (C=O) groups is 1. The van der Waals surface area contributed by atoms with Crippen LogP contribution in [-0.2, 0) is 17.4 Å². The number of amides is 1. The molecule has 1 heterocycles. The van der Waals surface area contributed by atoms with Crippen LogP contribution in [0.2, 0.25) is 0 Å². The summed E-state index contributed by atoms with van der Waals surface area (Å²) in [4.78, 5) is 16.2. The lowest BCUT2D eigenvalue weighted by atomic mass is 10.0. The number of piperazine rings is 1. The Morgan fingerprint density at radius 1 is 0.963 bits per heavy atom. The molecule has 3 nitrogen and oxygen atoms in total. The molecule has 1 aliphatic rings. The maximum Gasteiger partial charge on any atom is 0.416 e. The Bertz CT molecular complexity index is 824. The van der Waals surface area contributed by atoms with Gasteiger partial charge in [-0.15, -0.1) is 0 Å². The van der Waals surface area contributed by atoms with Gasteiger partial charge in [-0.25, -0.2) is 0 Å². The van der Waals surface area contributed by atoms with Crippen molar-refractivity contribution in [3.05, 3.63) is 64.7 Å². The summed E-state index contributed by atoms with van der Waals surface area (Å²) < 4.78 is 38.7. The Kier molecular flexibility index (Phi) is 5.44. The largest absolute Gasteiger partial charge is 0.416 e. The smallest absolute Gasteiger partial charge is 0.368 e. The van der Waals surface area contributed by atoms with E-state index < -0.39 is 11.7 Å². The Balaban J connectivity index is 1.60. The van der Waals surface area contributed by atoms with Crippen LogP contribution in [0.1, 0.15) is 22.3 Å². The SMILES string of the molecule is Cc1ccc(CC(=O)N2CCN(c3cccc(C(F)(F)F)c3)CC2)cc1C. The summed E-state index contributed by atoms with van der Waals surface area (Å²) in [5.74, 6) is 0.0574. The first-order valence-corrected chi connectivity index (χ1v) is 9.00. The zero-order valence-corrected chi connectivity index (χ0v) is 15.5. The molecule has 0 radical (unpaired) electrons. The molecule has 0 unspecified atom stereocenters. The van der Waals surface area contributed by atoms with Gasteiger partial charge in [0.1, 0.15) is 0 Å². The van der Waals surface area contributed by atoms with Crippen molar-refractivity contribution in [2.75, 3.05) is 31.1 Å². The number of alkyl halides is 3. The van der Waals surface area contributed by atoms with Crippen LogP contribution < -0.4 is 4.90 Å². The molecule has 2 aromatic rings. The van der Waals surface area contributed by atoms with Crippen molar-refractivity contribution in [2.45, 2.75) is 26.4 Å². The third-order valence-electron chi connectivity index (χ3n) is 5.10. The molecule has 3 rings (SSSR count). The Hall–Kier alpha value is -2.50. The number of anilines is 1. The monoisotopic (exact) mass is 376 g/mol. The van der Waals surface area contributed by atoms with E-state index in [4.69, 9.17) is 0 Å². The first-order valence-electron chi connectivity index (χ1n) is 9.00. The van der Waals surface area contributed by atoms with E-state index in [1.165, 1.54) is 17.7 Å². The standard InChI is InChI=1S/C21H23F3N2O/c1-15-6-7-17(12-16(15)2)13-20(27)26-10-8-25(9-11-26)19-5-3-4-18(14-19)21(22,23)24/h3-7,12,14H,8-11,13H2,1-2H3. The number of rotatable bonds is 3. The number of aryl methyl sites for hydroxylation is 2. The molecule has 144 valence electrons. The summed E-state index contributed by atoms with van der Waals surface area (Å²) in [7, 11) is 0. The fourth-order valence-electron chi connectivity index (χ4n) is 3.29. The van der Waals surface area contributed by atoms with Crippen LogP contribution in [0.4, 0.5) is 18.9 Å². The van der Waals surface area contributed by atoms with Gasteiger partial charge in [0.2, 0.25) is 5.91 Å². The Morgan fingerprint density at radius 2 is 1.67 bits per heavy atom. The van der Waals surface area contributed by atoms with E-state index >= 15 is 0 Å². The molecule has 1 fully saturated rings.